The van der Waals surface area contributed by atoms with Crippen LogP contribution in [0.4, 0.5) is 0 Å². The molecule has 3 nitrogen and oxygen atoms in total. The van der Waals surface area contributed by atoms with E-state index >= 15 is 0 Å². The molecule has 0 saturated heterocycles. The Morgan fingerprint density at radius 1 is 1.08 bits per heavy atom. The monoisotopic (exact) mass is 160 g/mol. The molecule has 2 rings (SSSR count). The van der Waals surface area contributed by atoms with Crippen LogP contribution in [0.3, 0.4) is 0 Å². The molecule has 0 aliphatic heterocycles. The molecule has 2 aromatic rings. The highest BCUT2D eigenvalue weighted by molar-refractivity contribution is 5.79. The van der Waals surface area contributed by atoms with E-state index in [-0.39, 0.29) is 11.3 Å². The van der Waals surface area contributed by atoms with Gasteiger partial charge in [-0.15, -0.1) is 0 Å². The lowest BCUT2D eigenvalue weighted by Gasteiger charge is -1.94. The molecule has 1 aromatic carbocycles. The van der Waals surface area contributed by atoms with Gasteiger partial charge < -0.3 is 4.98 Å². The number of aromatic nitrogens is 1. The zero-order valence-corrected chi connectivity index (χ0v) is 6.20. The van der Waals surface area contributed by atoms with E-state index in [9.17, 15) is 9.90 Å². The van der Waals surface area contributed by atoms with E-state index < -0.39 is 0 Å². The molecule has 0 atom stereocenters. The SMILES string of the molecule is [O]c1ccc2[nH]c(=O)ccc2c1. The van der Waals surface area contributed by atoms with Crippen molar-refractivity contribution in [2.45, 2.75) is 0 Å². The molecule has 0 spiro atoms. The molecule has 0 unspecified atom stereocenters. The van der Waals surface area contributed by atoms with Gasteiger partial charge in [-0.05, 0) is 24.3 Å². The molecule has 1 radical (unpaired) electrons. The summed E-state index contributed by atoms with van der Waals surface area (Å²) >= 11 is 0. The first kappa shape index (κ1) is 6.91. The van der Waals surface area contributed by atoms with Gasteiger partial charge in [-0.25, -0.2) is 0 Å². The first-order valence-corrected chi connectivity index (χ1v) is 3.56. The van der Waals surface area contributed by atoms with Gasteiger partial charge in [-0.2, -0.15) is 0 Å². The van der Waals surface area contributed by atoms with Gasteiger partial charge >= 0.3 is 0 Å². The molecule has 0 aliphatic rings. The van der Waals surface area contributed by atoms with Crippen molar-refractivity contribution in [1.82, 2.24) is 4.98 Å². The maximum absolute atomic E-state index is 10.9. The zero-order chi connectivity index (χ0) is 8.55. The smallest absolute Gasteiger partial charge is 0.248 e. The average molecular weight is 160 g/mol. The molecule has 1 N–H and O–H groups in total. The molecule has 0 fully saturated rings. The Labute approximate surface area is 68.3 Å². The number of pyridine rings is 1. The van der Waals surface area contributed by atoms with Gasteiger partial charge in [0, 0.05) is 17.0 Å². The van der Waals surface area contributed by atoms with Crippen LogP contribution in [0.5, 0.6) is 5.75 Å². The Morgan fingerprint density at radius 3 is 2.75 bits per heavy atom. The molecular formula is C9H6NO2. The van der Waals surface area contributed by atoms with Gasteiger partial charge in [-0.3, -0.25) is 9.90 Å². The fraction of sp³-hybridized carbons (Fsp3) is 0. The predicted octanol–water partition coefficient (Wildman–Crippen LogP) is 1.67. The summed E-state index contributed by atoms with van der Waals surface area (Å²) in [6.45, 7) is 0. The highest BCUT2D eigenvalue weighted by Gasteiger charge is 1.95. The van der Waals surface area contributed by atoms with Crippen molar-refractivity contribution in [3.8, 4) is 5.75 Å². The largest absolute Gasteiger partial charge is 0.322 e. The third-order valence-corrected chi connectivity index (χ3v) is 1.70. The van der Waals surface area contributed by atoms with Crippen molar-refractivity contribution in [1.29, 1.82) is 0 Å². The lowest BCUT2D eigenvalue weighted by molar-refractivity contribution is 0.355. The molecule has 0 amide bonds. The van der Waals surface area contributed by atoms with E-state index in [1.165, 1.54) is 18.2 Å². The summed E-state index contributed by atoms with van der Waals surface area (Å²) in [5.74, 6) is -0.0467. The standard InChI is InChI=1S/C9H6NO2/c11-7-2-3-8-6(5-7)1-4-9(12)10-8/h1-5H,(H,10,12). The van der Waals surface area contributed by atoms with Gasteiger partial charge in [0.15, 0.2) is 5.75 Å². The van der Waals surface area contributed by atoms with E-state index in [1.54, 1.807) is 12.1 Å². The minimum absolute atomic E-state index is 0.0467. The van der Waals surface area contributed by atoms with Gasteiger partial charge in [0.05, 0.1) is 0 Å². The van der Waals surface area contributed by atoms with E-state index in [2.05, 4.69) is 4.98 Å². The third kappa shape index (κ3) is 1.05. The maximum Gasteiger partial charge on any atom is 0.248 e. The number of benzene rings is 1. The lowest BCUT2D eigenvalue weighted by Crippen LogP contribution is -2.01. The molecule has 0 saturated carbocycles. The summed E-state index contributed by atoms with van der Waals surface area (Å²) in [4.78, 5) is 13.5. The number of H-pyrrole nitrogens is 1. The second-order valence-electron chi connectivity index (χ2n) is 2.57. The van der Waals surface area contributed by atoms with Gasteiger partial charge in [-0.1, -0.05) is 0 Å². The second-order valence-corrected chi connectivity index (χ2v) is 2.57. The zero-order valence-electron chi connectivity index (χ0n) is 6.20. The van der Waals surface area contributed by atoms with Crippen LogP contribution in [0.25, 0.3) is 10.9 Å². The summed E-state index contributed by atoms with van der Waals surface area (Å²) < 4.78 is 0. The van der Waals surface area contributed by atoms with Crippen LogP contribution < -0.4 is 5.56 Å². The van der Waals surface area contributed by atoms with Crippen molar-refractivity contribution in [2.75, 3.05) is 0 Å². The molecule has 12 heavy (non-hydrogen) atoms. The number of hydrogen-bond donors (Lipinski definition) is 1. The molecule has 0 bridgehead atoms. The van der Waals surface area contributed by atoms with Gasteiger partial charge in [0.25, 0.3) is 0 Å². The Morgan fingerprint density at radius 2 is 1.92 bits per heavy atom. The van der Waals surface area contributed by atoms with E-state index in [0.29, 0.717) is 5.52 Å². The number of rotatable bonds is 0. The lowest BCUT2D eigenvalue weighted by atomic mass is 10.2. The van der Waals surface area contributed by atoms with Crippen molar-refractivity contribution in [3.05, 3.63) is 40.7 Å². The summed E-state index contributed by atoms with van der Waals surface area (Å²) in [6.07, 6.45) is 0. The molecule has 1 aromatic heterocycles. The predicted molar refractivity (Wildman–Crippen MR) is 44.7 cm³/mol. The number of nitrogens with one attached hydrogen (secondary N) is 1. The first-order chi connectivity index (χ1) is 5.75. The maximum atomic E-state index is 10.9. The Balaban J connectivity index is 2.87. The van der Waals surface area contributed by atoms with Crippen molar-refractivity contribution >= 4 is 10.9 Å². The molecule has 1 heterocycles. The van der Waals surface area contributed by atoms with Crippen LogP contribution >= 0.6 is 0 Å². The summed E-state index contributed by atoms with van der Waals surface area (Å²) in [6, 6.07) is 7.57. The second kappa shape index (κ2) is 2.37. The van der Waals surface area contributed by atoms with Gasteiger partial charge in [0.1, 0.15) is 0 Å². The van der Waals surface area contributed by atoms with Crippen LogP contribution in [0.1, 0.15) is 0 Å². The van der Waals surface area contributed by atoms with Crippen LogP contribution in [-0.2, 0) is 5.11 Å². The van der Waals surface area contributed by atoms with Crippen LogP contribution in [0, 0.1) is 0 Å². The summed E-state index contributed by atoms with van der Waals surface area (Å²) in [5, 5.41) is 11.6. The van der Waals surface area contributed by atoms with Crippen LogP contribution in [0.2, 0.25) is 0 Å². The normalized spacial score (nSPS) is 10.3. The summed E-state index contributed by atoms with van der Waals surface area (Å²) in [7, 11) is 0. The molecule has 3 heteroatoms. The molecule has 59 valence electrons. The Kier molecular flexibility index (Phi) is 1.37. The van der Waals surface area contributed by atoms with Crippen LogP contribution in [0.15, 0.2) is 35.1 Å². The van der Waals surface area contributed by atoms with E-state index in [1.807, 2.05) is 0 Å². The van der Waals surface area contributed by atoms with E-state index in [0.717, 1.165) is 5.39 Å². The fourth-order valence-corrected chi connectivity index (χ4v) is 1.13. The average Bonchev–Trinajstić information content (AvgIpc) is 2.05. The van der Waals surface area contributed by atoms with Crippen molar-refractivity contribution < 1.29 is 5.11 Å². The minimum Gasteiger partial charge on any atom is -0.322 e. The molecular weight excluding hydrogens is 154 g/mol. The highest BCUT2D eigenvalue weighted by atomic mass is 16.3. The van der Waals surface area contributed by atoms with Crippen molar-refractivity contribution in [2.24, 2.45) is 0 Å². The third-order valence-electron chi connectivity index (χ3n) is 1.70. The minimum atomic E-state index is -0.152. The van der Waals surface area contributed by atoms with Gasteiger partial charge in [0.2, 0.25) is 5.56 Å². The van der Waals surface area contributed by atoms with E-state index in [4.69, 9.17) is 0 Å². The van der Waals surface area contributed by atoms with Crippen molar-refractivity contribution in [3.63, 3.8) is 0 Å². The quantitative estimate of drug-likeness (QED) is 0.626. The fourth-order valence-electron chi connectivity index (χ4n) is 1.13. The number of hydrogen-bond acceptors (Lipinski definition) is 1. The van der Waals surface area contributed by atoms with Crippen LogP contribution in [-0.4, -0.2) is 4.98 Å². The Hall–Kier alpha value is -1.77. The topological polar surface area (TPSA) is 52.8 Å². The first-order valence-electron chi connectivity index (χ1n) is 3.56. The number of fused-ring (bicyclic) bond motifs is 1. The summed E-state index contributed by atoms with van der Waals surface area (Å²) in [5.41, 5.74) is 0.545. The molecule has 0 aliphatic carbocycles. The number of aromatic amines is 1. The Bertz CT molecular complexity index is 473. The highest BCUT2D eigenvalue weighted by Crippen LogP contribution is 2.16.